The second-order valence-electron chi connectivity index (χ2n) is 4.27. The van der Waals surface area contributed by atoms with E-state index in [0.29, 0.717) is 24.7 Å². The molecular weight excluding hydrogens is 278 g/mol. The van der Waals surface area contributed by atoms with E-state index in [9.17, 15) is 9.18 Å². The smallest absolute Gasteiger partial charge is 0.221 e. The topological polar surface area (TPSA) is 41.1 Å². The van der Waals surface area contributed by atoms with Crippen molar-refractivity contribution in [2.24, 2.45) is 0 Å². The molecule has 0 radical (unpaired) electrons. The van der Waals surface area contributed by atoms with Gasteiger partial charge in [-0.3, -0.25) is 4.79 Å². The number of nitrogens with one attached hydrogen (secondary N) is 2. The van der Waals surface area contributed by atoms with Crippen molar-refractivity contribution in [3.05, 3.63) is 28.0 Å². The molecule has 1 amide bonds. The van der Waals surface area contributed by atoms with Gasteiger partial charge in [0.1, 0.15) is 0 Å². The van der Waals surface area contributed by atoms with E-state index in [1.165, 1.54) is 12.1 Å². The molecule has 0 aromatic heterocycles. The van der Waals surface area contributed by atoms with E-state index in [4.69, 9.17) is 23.2 Å². The minimum Gasteiger partial charge on any atom is -0.384 e. The maximum atomic E-state index is 13.2. The first-order chi connectivity index (χ1) is 8.56. The van der Waals surface area contributed by atoms with Crippen molar-refractivity contribution >= 4 is 34.8 Å². The summed E-state index contributed by atoms with van der Waals surface area (Å²) >= 11 is 11.3. The molecule has 1 aromatic rings. The minimum absolute atomic E-state index is 0.0179. The SMILES string of the molecule is O=C(CCNc1cc(Cl)c(F)c(Cl)c1)NC1CC1. The quantitative estimate of drug-likeness (QED) is 0.818. The number of carbonyl (C=O) groups is 1. The van der Waals surface area contributed by atoms with Crippen LogP contribution in [0.4, 0.5) is 10.1 Å². The molecule has 0 aliphatic heterocycles. The first-order valence-electron chi connectivity index (χ1n) is 5.74. The molecule has 6 heteroatoms. The third-order valence-corrected chi connectivity index (χ3v) is 3.16. The van der Waals surface area contributed by atoms with Crippen molar-refractivity contribution in [3.8, 4) is 0 Å². The Hall–Kier alpha value is -1.00. The van der Waals surface area contributed by atoms with Crippen LogP contribution in [0.15, 0.2) is 12.1 Å². The molecule has 1 fully saturated rings. The van der Waals surface area contributed by atoms with Crippen LogP contribution in [0.1, 0.15) is 19.3 Å². The number of anilines is 1. The van der Waals surface area contributed by atoms with Crippen molar-refractivity contribution in [2.75, 3.05) is 11.9 Å². The fourth-order valence-electron chi connectivity index (χ4n) is 1.51. The lowest BCUT2D eigenvalue weighted by Crippen LogP contribution is -2.27. The molecule has 2 rings (SSSR count). The Balaban J connectivity index is 1.80. The van der Waals surface area contributed by atoms with Crippen LogP contribution in [0, 0.1) is 5.82 Å². The van der Waals surface area contributed by atoms with Gasteiger partial charge in [0.25, 0.3) is 0 Å². The molecular formula is C12H13Cl2FN2O. The van der Waals surface area contributed by atoms with Crippen LogP contribution in [0.2, 0.25) is 10.0 Å². The van der Waals surface area contributed by atoms with E-state index in [-0.39, 0.29) is 16.0 Å². The largest absolute Gasteiger partial charge is 0.384 e. The van der Waals surface area contributed by atoms with Crippen LogP contribution >= 0.6 is 23.2 Å². The van der Waals surface area contributed by atoms with Crippen LogP contribution in [0.25, 0.3) is 0 Å². The van der Waals surface area contributed by atoms with Gasteiger partial charge < -0.3 is 10.6 Å². The first-order valence-corrected chi connectivity index (χ1v) is 6.49. The van der Waals surface area contributed by atoms with Crippen molar-refractivity contribution in [2.45, 2.75) is 25.3 Å². The molecule has 0 unspecified atom stereocenters. The second kappa shape index (κ2) is 5.76. The summed E-state index contributed by atoms with van der Waals surface area (Å²) < 4.78 is 13.2. The van der Waals surface area contributed by atoms with Crippen LogP contribution in [-0.4, -0.2) is 18.5 Å². The average Bonchev–Trinajstić information content (AvgIpc) is 3.09. The van der Waals surface area contributed by atoms with Crippen molar-refractivity contribution < 1.29 is 9.18 Å². The molecule has 1 aliphatic rings. The molecule has 1 aromatic carbocycles. The molecule has 1 saturated carbocycles. The number of benzene rings is 1. The Morgan fingerprint density at radius 1 is 1.33 bits per heavy atom. The summed E-state index contributed by atoms with van der Waals surface area (Å²) in [4.78, 5) is 11.4. The Morgan fingerprint density at radius 3 is 2.50 bits per heavy atom. The van der Waals surface area contributed by atoms with E-state index in [2.05, 4.69) is 10.6 Å². The molecule has 98 valence electrons. The predicted molar refractivity (Wildman–Crippen MR) is 70.7 cm³/mol. The average molecular weight is 291 g/mol. The standard InChI is InChI=1S/C12H13Cl2FN2O/c13-9-5-8(6-10(14)12(9)15)16-4-3-11(18)17-7-1-2-7/h5-7,16H,1-4H2,(H,17,18). The lowest BCUT2D eigenvalue weighted by Gasteiger charge is -2.08. The number of hydrogen-bond donors (Lipinski definition) is 2. The third-order valence-electron chi connectivity index (χ3n) is 2.61. The van der Waals surface area contributed by atoms with Gasteiger partial charge in [-0.2, -0.15) is 0 Å². The molecule has 0 heterocycles. The summed E-state index contributed by atoms with van der Waals surface area (Å²) in [6.07, 6.45) is 2.51. The van der Waals surface area contributed by atoms with Gasteiger partial charge in [0, 0.05) is 24.7 Å². The first kappa shape index (κ1) is 13.4. The zero-order valence-corrected chi connectivity index (χ0v) is 11.1. The van der Waals surface area contributed by atoms with Gasteiger partial charge in [0.2, 0.25) is 5.91 Å². The van der Waals surface area contributed by atoms with Gasteiger partial charge in [0.15, 0.2) is 5.82 Å². The molecule has 18 heavy (non-hydrogen) atoms. The fraction of sp³-hybridized carbons (Fsp3) is 0.417. The number of rotatable bonds is 5. The number of amides is 1. The summed E-state index contributed by atoms with van der Waals surface area (Å²) in [7, 11) is 0. The maximum absolute atomic E-state index is 13.2. The van der Waals surface area contributed by atoms with Crippen LogP contribution in [0.5, 0.6) is 0 Å². The highest BCUT2D eigenvalue weighted by Gasteiger charge is 2.22. The van der Waals surface area contributed by atoms with Gasteiger partial charge in [-0.05, 0) is 25.0 Å². The van der Waals surface area contributed by atoms with Gasteiger partial charge in [0.05, 0.1) is 10.0 Å². The molecule has 0 atom stereocenters. The predicted octanol–water partition coefficient (Wildman–Crippen LogP) is 3.21. The molecule has 2 N–H and O–H groups in total. The minimum atomic E-state index is -0.629. The van der Waals surface area contributed by atoms with E-state index >= 15 is 0 Å². The van der Waals surface area contributed by atoms with Crippen molar-refractivity contribution in [1.82, 2.24) is 5.32 Å². The van der Waals surface area contributed by atoms with Gasteiger partial charge in [-0.15, -0.1) is 0 Å². The van der Waals surface area contributed by atoms with Crippen LogP contribution in [0.3, 0.4) is 0 Å². The highest BCUT2D eigenvalue weighted by atomic mass is 35.5. The molecule has 3 nitrogen and oxygen atoms in total. The summed E-state index contributed by atoms with van der Waals surface area (Å²) in [5.74, 6) is -0.611. The Kier molecular flexibility index (Phi) is 4.30. The van der Waals surface area contributed by atoms with E-state index < -0.39 is 5.82 Å². The highest BCUT2D eigenvalue weighted by Crippen LogP contribution is 2.27. The molecule has 0 spiro atoms. The molecule has 0 bridgehead atoms. The Labute approximate surface area is 115 Å². The Bertz CT molecular complexity index is 440. The molecule has 1 aliphatic carbocycles. The van der Waals surface area contributed by atoms with E-state index in [0.717, 1.165) is 12.8 Å². The van der Waals surface area contributed by atoms with Crippen LogP contribution in [-0.2, 0) is 4.79 Å². The van der Waals surface area contributed by atoms with Gasteiger partial charge in [-0.25, -0.2) is 4.39 Å². The summed E-state index contributed by atoms with van der Waals surface area (Å²) in [6, 6.07) is 3.26. The number of halogens is 3. The lowest BCUT2D eigenvalue weighted by molar-refractivity contribution is -0.120. The van der Waals surface area contributed by atoms with Crippen LogP contribution < -0.4 is 10.6 Å². The number of carbonyl (C=O) groups excluding carboxylic acids is 1. The molecule has 0 saturated heterocycles. The summed E-state index contributed by atoms with van der Waals surface area (Å²) in [5, 5.41) is 5.79. The fourth-order valence-corrected chi connectivity index (χ4v) is 1.99. The second-order valence-corrected chi connectivity index (χ2v) is 5.09. The van der Waals surface area contributed by atoms with Gasteiger partial charge >= 0.3 is 0 Å². The van der Waals surface area contributed by atoms with Crippen molar-refractivity contribution in [1.29, 1.82) is 0 Å². The monoisotopic (exact) mass is 290 g/mol. The van der Waals surface area contributed by atoms with E-state index in [1.807, 2.05) is 0 Å². The highest BCUT2D eigenvalue weighted by molar-refractivity contribution is 6.35. The number of hydrogen-bond acceptors (Lipinski definition) is 2. The van der Waals surface area contributed by atoms with Gasteiger partial charge in [-0.1, -0.05) is 23.2 Å². The van der Waals surface area contributed by atoms with Crippen molar-refractivity contribution in [3.63, 3.8) is 0 Å². The summed E-state index contributed by atoms with van der Waals surface area (Å²) in [6.45, 7) is 0.455. The normalized spacial score (nSPS) is 14.4. The zero-order chi connectivity index (χ0) is 13.1. The Morgan fingerprint density at radius 2 is 1.94 bits per heavy atom. The third kappa shape index (κ3) is 3.75. The summed E-state index contributed by atoms with van der Waals surface area (Å²) in [5.41, 5.74) is 0.602. The lowest BCUT2D eigenvalue weighted by atomic mass is 10.3. The zero-order valence-electron chi connectivity index (χ0n) is 9.60. The van der Waals surface area contributed by atoms with E-state index in [1.54, 1.807) is 0 Å². The maximum Gasteiger partial charge on any atom is 0.221 e.